The Labute approximate surface area is 162 Å². The van der Waals surface area contributed by atoms with E-state index < -0.39 is 0 Å². The van der Waals surface area contributed by atoms with Crippen molar-refractivity contribution < 1.29 is 9.53 Å². The predicted molar refractivity (Wildman–Crippen MR) is 110 cm³/mol. The minimum absolute atomic E-state index is 0.0562. The molecule has 2 aliphatic carbocycles. The summed E-state index contributed by atoms with van der Waals surface area (Å²) in [6.07, 6.45) is 12.3. The normalized spacial score (nSPS) is 19.0. The van der Waals surface area contributed by atoms with E-state index in [-0.39, 0.29) is 11.9 Å². The third-order valence-electron chi connectivity index (χ3n) is 6.33. The summed E-state index contributed by atoms with van der Waals surface area (Å²) in [6.45, 7) is 0. The average molecular weight is 363 g/mol. The van der Waals surface area contributed by atoms with Gasteiger partial charge in [0.2, 0.25) is 0 Å². The number of hydrogen-bond donors (Lipinski definition) is 0. The lowest BCUT2D eigenvalue weighted by atomic mass is 9.84. The molecule has 0 aliphatic heterocycles. The molecule has 2 heteroatoms. The molecular formula is C25H30O2. The highest BCUT2D eigenvalue weighted by molar-refractivity contribution is 5.75. The maximum Gasteiger partial charge on any atom is 0.314 e. The SMILES string of the molecule is O=C(Oc1ccc(-c2ccc(C3CCCCC3)cc2)cc1)C1CCCCC1. The average Bonchev–Trinajstić information content (AvgIpc) is 2.76. The van der Waals surface area contributed by atoms with Crippen molar-refractivity contribution >= 4 is 5.97 Å². The summed E-state index contributed by atoms with van der Waals surface area (Å²) in [5.74, 6) is 1.44. The Morgan fingerprint density at radius 1 is 0.667 bits per heavy atom. The van der Waals surface area contributed by atoms with Gasteiger partial charge in [0.1, 0.15) is 5.75 Å². The first kappa shape index (κ1) is 18.3. The Hall–Kier alpha value is -2.09. The van der Waals surface area contributed by atoms with Gasteiger partial charge in [0, 0.05) is 0 Å². The smallest absolute Gasteiger partial charge is 0.314 e. The molecule has 2 nitrogen and oxygen atoms in total. The maximum absolute atomic E-state index is 12.3. The summed E-state index contributed by atoms with van der Waals surface area (Å²) in [5, 5.41) is 0. The Balaban J connectivity index is 1.38. The molecule has 0 radical (unpaired) electrons. The van der Waals surface area contributed by atoms with Crippen LogP contribution in [0.2, 0.25) is 0 Å². The van der Waals surface area contributed by atoms with Crippen LogP contribution in [0, 0.1) is 5.92 Å². The Morgan fingerprint density at radius 3 is 1.78 bits per heavy atom. The summed E-state index contributed by atoms with van der Waals surface area (Å²) in [4.78, 5) is 12.3. The number of benzene rings is 2. The summed E-state index contributed by atoms with van der Waals surface area (Å²) < 4.78 is 5.60. The van der Waals surface area contributed by atoms with Crippen LogP contribution in [0.1, 0.15) is 75.7 Å². The van der Waals surface area contributed by atoms with E-state index in [1.165, 1.54) is 55.2 Å². The summed E-state index contributed by atoms with van der Waals surface area (Å²) in [5.41, 5.74) is 3.87. The van der Waals surface area contributed by atoms with E-state index in [2.05, 4.69) is 36.4 Å². The molecule has 2 aliphatic rings. The van der Waals surface area contributed by atoms with E-state index >= 15 is 0 Å². The van der Waals surface area contributed by atoms with Crippen molar-refractivity contribution in [3.63, 3.8) is 0 Å². The highest BCUT2D eigenvalue weighted by Gasteiger charge is 2.23. The summed E-state index contributed by atoms with van der Waals surface area (Å²) in [7, 11) is 0. The third kappa shape index (κ3) is 4.61. The van der Waals surface area contributed by atoms with Crippen molar-refractivity contribution in [3.05, 3.63) is 54.1 Å². The van der Waals surface area contributed by atoms with E-state index in [1.54, 1.807) is 0 Å². The molecule has 0 atom stereocenters. The van der Waals surface area contributed by atoms with Gasteiger partial charge in [-0.2, -0.15) is 0 Å². The minimum Gasteiger partial charge on any atom is -0.426 e. The fourth-order valence-electron chi connectivity index (χ4n) is 4.64. The van der Waals surface area contributed by atoms with Crippen molar-refractivity contribution in [2.75, 3.05) is 0 Å². The van der Waals surface area contributed by atoms with E-state index in [9.17, 15) is 4.79 Å². The van der Waals surface area contributed by atoms with Crippen LogP contribution >= 0.6 is 0 Å². The molecule has 0 bridgehead atoms. The molecule has 0 spiro atoms. The number of hydrogen-bond acceptors (Lipinski definition) is 2. The third-order valence-corrected chi connectivity index (χ3v) is 6.33. The van der Waals surface area contributed by atoms with Gasteiger partial charge in [0.05, 0.1) is 5.92 Å². The van der Waals surface area contributed by atoms with Gasteiger partial charge in [0.15, 0.2) is 0 Å². The van der Waals surface area contributed by atoms with Gasteiger partial charge in [-0.05, 0) is 60.4 Å². The second-order valence-corrected chi connectivity index (χ2v) is 8.24. The second kappa shape index (κ2) is 8.73. The second-order valence-electron chi connectivity index (χ2n) is 8.24. The fourth-order valence-corrected chi connectivity index (χ4v) is 4.64. The Bertz CT molecular complexity index is 733. The molecule has 0 amide bonds. The van der Waals surface area contributed by atoms with Crippen LogP contribution in [0.3, 0.4) is 0 Å². The van der Waals surface area contributed by atoms with Crippen molar-refractivity contribution in [3.8, 4) is 16.9 Å². The highest BCUT2D eigenvalue weighted by atomic mass is 16.5. The van der Waals surface area contributed by atoms with Gasteiger partial charge in [0.25, 0.3) is 0 Å². The minimum atomic E-state index is -0.0562. The van der Waals surface area contributed by atoms with Crippen LogP contribution < -0.4 is 4.74 Å². The lowest BCUT2D eigenvalue weighted by molar-refractivity contribution is -0.139. The number of carbonyl (C=O) groups excluding carboxylic acids is 1. The predicted octanol–water partition coefficient (Wildman–Crippen LogP) is 6.89. The molecular weight excluding hydrogens is 332 g/mol. The molecule has 2 aromatic rings. The lowest BCUT2D eigenvalue weighted by Crippen LogP contribution is -2.22. The number of ether oxygens (including phenoxy) is 1. The molecule has 4 rings (SSSR count). The van der Waals surface area contributed by atoms with Crippen LogP contribution in [0.5, 0.6) is 5.75 Å². The van der Waals surface area contributed by atoms with Gasteiger partial charge >= 0.3 is 5.97 Å². The number of carbonyl (C=O) groups is 1. The topological polar surface area (TPSA) is 26.3 Å². The molecule has 2 aromatic carbocycles. The first-order valence-electron chi connectivity index (χ1n) is 10.7. The van der Waals surface area contributed by atoms with Crippen LogP contribution in [0.4, 0.5) is 0 Å². The lowest BCUT2D eigenvalue weighted by Gasteiger charge is -2.22. The molecule has 0 heterocycles. The molecule has 27 heavy (non-hydrogen) atoms. The molecule has 0 unspecified atom stereocenters. The number of rotatable bonds is 4. The van der Waals surface area contributed by atoms with Crippen LogP contribution in [0.25, 0.3) is 11.1 Å². The van der Waals surface area contributed by atoms with Crippen molar-refractivity contribution in [2.45, 2.75) is 70.1 Å². The van der Waals surface area contributed by atoms with Crippen LogP contribution in [-0.4, -0.2) is 5.97 Å². The Morgan fingerprint density at radius 2 is 1.19 bits per heavy atom. The van der Waals surface area contributed by atoms with Gasteiger partial charge in [-0.25, -0.2) is 0 Å². The first-order chi connectivity index (χ1) is 13.3. The van der Waals surface area contributed by atoms with Gasteiger partial charge in [-0.3, -0.25) is 4.79 Å². The van der Waals surface area contributed by atoms with Crippen molar-refractivity contribution in [2.24, 2.45) is 5.92 Å². The van der Waals surface area contributed by atoms with Crippen molar-refractivity contribution in [1.29, 1.82) is 0 Å². The molecule has 2 saturated carbocycles. The number of esters is 1. The van der Waals surface area contributed by atoms with E-state index in [0.717, 1.165) is 31.6 Å². The largest absolute Gasteiger partial charge is 0.426 e. The zero-order valence-electron chi connectivity index (χ0n) is 16.2. The van der Waals surface area contributed by atoms with Gasteiger partial charge in [-0.15, -0.1) is 0 Å². The van der Waals surface area contributed by atoms with E-state index in [1.807, 2.05) is 12.1 Å². The zero-order valence-corrected chi connectivity index (χ0v) is 16.2. The highest BCUT2D eigenvalue weighted by Crippen LogP contribution is 2.34. The van der Waals surface area contributed by atoms with Gasteiger partial charge < -0.3 is 4.74 Å². The van der Waals surface area contributed by atoms with Crippen LogP contribution in [0.15, 0.2) is 48.5 Å². The molecule has 142 valence electrons. The van der Waals surface area contributed by atoms with E-state index in [0.29, 0.717) is 5.75 Å². The summed E-state index contributed by atoms with van der Waals surface area (Å²) >= 11 is 0. The fraction of sp³-hybridized carbons (Fsp3) is 0.480. The first-order valence-corrected chi connectivity index (χ1v) is 10.7. The summed E-state index contributed by atoms with van der Waals surface area (Å²) in [6, 6.07) is 17.0. The van der Waals surface area contributed by atoms with Crippen LogP contribution in [-0.2, 0) is 4.79 Å². The maximum atomic E-state index is 12.3. The quantitative estimate of drug-likeness (QED) is 0.437. The van der Waals surface area contributed by atoms with Gasteiger partial charge in [-0.1, -0.05) is 74.9 Å². The molecule has 0 aromatic heterocycles. The monoisotopic (exact) mass is 362 g/mol. The molecule has 0 saturated heterocycles. The van der Waals surface area contributed by atoms with E-state index in [4.69, 9.17) is 4.74 Å². The molecule has 0 N–H and O–H groups in total. The van der Waals surface area contributed by atoms with Crippen molar-refractivity contribution in [1.82, 2.24) is 0 Å². The Kier molecular flexibility index (Phi) is 5.91. The zero-order chi connectivity index (χ0) is 18.5. The standard InChI is InChI=1S/C25H30O2/c26-25(23-9-5-2-6-10-23)27-24-17-15-22(16-18-24)21-13-11-20(12-14-21)19-7-3-1-4-8-19/h11-19,23H,1-10H2. The molecule has 2 fully saturated rings.